The lowest BCUT2D eigenvalue weighted by Crippen LogP contribution is -2.70. The van der Waals surface area contributed by atoms with Crippen molar-refractivity contribution in [2.24, 2.45) is 10.8 Å². The number of pyridine rings is 1. The van der Waals surface area contributed by atoms with Gasteiger partial charge in [0.15, 0.2) is 5.82 Å². The van der Waals surface area contributed by atoms with Gasteiger partial charge in [-0.2, -0.15) is 9.97 Å². The van der Waals surface area contributed by atoms with Crippen molar-refractivity contribution in [2.45, 2.75) is 95.9 Å². The summed E-state index contributed by atoms with van der Waals surface area (Å²) in [7, 11) is 0. The average Bonchev–Trinajstić information content (AvgIpc) is 4.00. The number of phenols is 1. The average molecular weight is 956 g/mol. The number of imide groups is 1. The zero-order chi connectivity index (χ0) is 48.3. The normalized spacial score (nSPS) is 24.6. The van der Waals surface area contributed by atoms with Crippen LogP contribution in [0.4, 0.5) is 20.3 Å². The third-order valence-corrected chi connectivity index (χ3v) is 16.6. The number of fused-ring (bicyclic) bond motifs is 3. The molecule has 1 aliphatic carbocycles. The lowest BCUT2D eigenvalue weighted by molar-refractivity contribution is -0.136. The van der Waals surface area contributed by atoms with Gasteiger partial charge < -0.3 is 34.5 Å². The molecule has 5 aromatic rings. The fraction of sp³-hybridized carbons (Fsp3) is 0.509. The molecule has 1 saturated carbocycles. The zero-order valence-electron chi connectivity index (χ0n) is 39.8. The lowest BCUT2D eigenvalue weighted by atomic mass is 9.70. The number of phenolic OH excluding ortho intramolecular Hbond substituents is 1. The van der Waals surface area contributed by atoms with E-state index in [1.54, 1.807) is 24.0 Å². The number of aryl methyl sites for hydroxylation is 1. The molecule has 3 amide bonds. The van der Waals surface area contributed by atoms with Crippen LogP contribution >= 0.6 is 0 Å². The number of nitrogens with one attached hydrogen (secondary N) is 1. The number of hydrogen-bond donors (Lipinski definition) is 3. The van der Waals surface area contributed by atoms with Crippen molar-refractivity contribution in [3.63, 3.8) is 0 Å². The van der Waals surface area contributed by atoms with Gasteiger partial charge in [-0.25, -0.2) is 8.78 Å². The molecular weight excluding hydrogens is 897 g/mol. The summed E-state index contributed by atoms with van der Waals surface area (Å²) in [5, 5.41) is 25.7. The minimum Gasteiger partial charge on any atom is -0.508 e. The van der Waals surface area contributed by atoms with E-state index in [0.717, 1.165) is 89.2 Å². The first kappa shape index (κ1) is 45.1. The van der Waals surface area contributed by atoms with Crippen molar-refractivity contribution in [3.8, 4) is 23.0 Å². The molecule has 8 heterocycles. The van der Waals surface area contributed by atoms with Crippen LogP contribution in [0.1, 0.15) is 86.7 Å². The molecule has 7 aliphatic rings. The Balaban J connectivity index is 0.687. The summed E-state index contributed by atoms with van der Waals surface area (Å²) in [5.41, 5.74) is 2.60. The zero-order valence-corrected chi connectivity index (χ0v) is 39.8. The van der Waals surface area contributed by atoms with Gasteiger partial charge in [0.2, 0.25) is 11.8 Å². The first-order valence-corrected chi connectivity index (χ1v) is 25.1. The Bertz CT molecular complexity index is 2980. The van der Waals surface area contributed by atoms with E-state index >= 15 is 8.78 Å². The highest BCUT2D eigenvalue weighted by Crippen LogP contribution is 2.49. The Labute approximate surface area is 404 Å². The topological polar surface area (TPSA) is 168 Å². The summed E-state index contributed by atoms with van der Waals surface area (Å²) < 4.78 is 38.8. The lowest BCUT2D eigenvalue weighted by Gasteiger charge is -2.60. The molecule has 0 bridgehead atoms. The first-order chi connectivity index (χ1) is 33.7. The van der Waals surface area contributed by atoms with E-state index in [0.29, 0.717) is 90.1 Å². The van der Waals surface area contributed by atoms with E-state index in [1.165, 1.54) is 18.3 Å². The summed E-state index contributed by atoms with van der Waals surface area (Å²) in [5.74, 6) is -1.62. The fourth-order valence-corrected chi connectivity index (χ4v) is 12.4. The molecule has 1 unspecified atom stereocenters. The van der Waals surface area contributed by atoms with Crippen molar-refractivity contribution in [1.29, 1.82) is 0 Å². The van der Waals surface area contributed by atoms with E-state index < -0.39 is 29.2 Å². The Morgan fingerprint density at radius 2 is 1.71 bits per heavy atom. The number of aromatic hydroxyl groups is 1. The predicted octanol–water partition coefficient (Wildman–Crippen LogP) is 5.95. The maximum atomic E-state index is 17.1. The second-order valence-electron chi connectivity index (χ2n) is 21.8. The van der Waals surface area contributed by atoms with Crippen LogP contribution in [0.2, 0.25) is 0 Å². The molecule has 5 saturated heterocycles. The number of piperidine rings is 3. The van der Waals surface area contributed by atoms with Crippen LogP contribution in [0, 0.1) is 22.5 Å². The molecule has 1 spiro atoms. The van der Waals surface area contributed by atoms with E-state index in [4.69, 9.17) is 14.7 Å². The second kappa shape index (κ2) is 16.8. The van der Waals surface area contributed by atoms with Crippen LogP contribution in [0.25, 0.3) is 32.9 Å². The molecule has 6 fully saturated rings. The van der Waals surface area contributed by atoms with Gasteiger partial charge in [-0.1, -0.05) is 13.0 Å². The van der Waals surface area contributed by atoms with Gasteiger partial charge in [-0.05, 0) is 135 Å². The van der Waals surface area contributed by atoms with Crippen molar-refractivity contribution < 1.29 is 38.1 Å². The molecule has 2 aromatic heterocycles. The number of hydrogen-bond acceptors (Lipinski definition) is 13. The first-order valence-electron chi connectivity index (χ1n) is 25.1. The van der Waals surface area contributed by atoms with Crippen LogP contribution in [-0.4, -0.2) is 141 Å². The van der Waals surface area contributed by atoms with Crippen molar-refractivity contribution in [2.75, 3.05) is 75.3 Å². The molecular formula is C53H59F2N9O6. The third kappa shape index (κ3) is 7.97. The number of β-amino-alcohol motifs (C(OH)–C–C–N with tert-alkyl or cyclic N) is 1. The van der Waals surface area contributed by atoms with E-state index in [1.807, 2.05) is 24.0 Å². The van der Waals surface area contributed by atoms with Gasteiger partial charge in [0.1, 0.15) is 34.6 Å². The van der Waals surface area contributed by atoms with Crippen molar-refractivity contribution in [3.05, 3.63) is 77.0 Å². The van der Waals surface area contributed by atoms with Gasteiger partial charge in [0.05, 0.1) is 17.6 Å². The monoisotopic (exact) mass is 955 g/mol. The van der Waals surface area contributed by atoms with Gasteiger partial charge >= 0.3 is 6.01 Å². The number of carbonyl (C=O) groups is 3. The summed E-state index contributed by atoms with van der Waals surface area (Å²) in [6, 6.07) is 11.8. The number of ether oxygens (including phenoxy) is 1. The Morgan fingerprint density at radius 1 is 0.914 bits per heavy atom. The highest BCUT2D eigenvalue weighted by Gasteiger charge is 2.51. The van der Waals surface area contributed by atoms with Crippen LogP contribution in [0.5, 0.6) is 11.8 Å². The maximum absolute atomic E-state index is 17.1. The van der Waals surface area contributed by atoms with Gasteiger partial charge in [0.25, 0.3) is 5.91 Å². The highest BCUT2D eigenvalue weighted by molar-refractivity contribution is 6.06. The van der Waals surface area contributed by atoms with Crippen molar-refractivity contribution >= 4 is 50.9 Å². The SMILES string of the molecule is CCc1c(F)ccc2cc(O)cc(-c3ncc4c(N5CCC[C@@](C)(O)C5)nc(OCC5(CN6CCC7(CC6)CN(C6CN(c8ccc9c(c8)CN(C8CCC(=O)NC8=O)C9=O)C6)C7)CC5)nc4c3F)c12. The summed E-state index contributed by atoms with van der Waals surface area (Å²) in [4.78, 5) is 62.7. The number of anilines is 2. The quantitative estimate of drug-likeness (QED) is 0.133. The van der Waals surface area contributed by atoms with Crippen LogP contribution in [-0.2, 0) is 22.6 Å². The summed E-state index contributed by atoms with van der Waals surface area (Å²) >= 11 is 0. The highest BCUT2D eigenvalue weighted by atomic mass is 19.1. The molecule has 0 radical (unpaired) electrons. The molecule has 6 aliphatic heterocycles. The maximum Gasteiger partial charge on any atom is 0.319 e. The molecule has 17 heteroatoms. The smallest absolute Gasteiger partial charge is 0.319 e. The minimum atomic E-state index is -0.966. The standard InChI is InChI=1S/C53H59F2N9O6/c1-3-36-40(54)8-5-31-20-35(65)21-38(43(31)36)45-44(55)46-39(22-56-45)47(61-16-4-11-51(2,69)26-61)59-50(58-46)70-30-53(12-13-53)27-60-17-14-52(15-18-60)28-63(29-52)34-24-62(25-34)33-6-7-37-32(19-33)23-64(49(37)68)41-9-10-42(66)57-48(41)67/h5-8,19-22,34,41,65,69H,3-4,9-18,23-30H2,1-2H3,(H,57,66,67)/t41?,51-/m1/s1. The third-order valence-electron chi connectivity index (χ3n) is 16.6. The van der Waals surface area contributed by atoms with Crippen LogP contribution in [0.3, 0.4) is 0 Å². The predicted molar refractivity (Wildman–Crippen MR) is 259 cm³/mol. The number of amides is 3. The minimum absolute atomic E-state index is 0.0116. The summed E-state index contributed by atoms with van der Waals surface area (Å²) in [6.45, 7) is 12.3. The molecule has 3 aromatic carbocycles. The molecule has 15 nitrogen and oxygen atoms in total. The number of halogens is 2. The largest absolute Gasteiger partial charge is 0.508 e. The number of aliphatic hydroxyl groups is 1. The number of aromatic nitrogens is 3. The Morgan fingerprint density at radius 3 is 2.46 bits per heavy atom. The fourth-order valence-electron chi connectivity index (χ4n) is 12.4. The Kier molecular flexibility index (Phi) is 10.8. The number of rotatable bonds is 11. The molecule has 12 rings (SSSR count). The number of benzene rings is 3. The number of nitrogens with zero attached hydrogens (tertiary/aromatic N) is 8. The second-order valence-corrected chi connectivity index (χ2v) is 21.8. The molecule has 70 heavy (non-hydrogen) atoms. The van der Waals surface area contributed by atoms with Gasteiger partial charge in [-0.3, -0.25) is 29.6 Å². The van der Waals surface area contributed by atoms with Crippen LogP contribution in [0.15, 0.2) is 48.7 Å². The molecule has 366 valence electrons. The Hall–Kier alpha value is -6.04. The summed E-state index contributed by atoms with van der Waals surface area (Å²) in [6.07, 6.45) is 8.15. The van der Waals surface area contributed by atoms with Crippen LogP contribution < -0.4 is 19.9 Å². The number of likely N-dealkylation sites (tertiary alicyclic amines) is 2. The van der Waals surface area contributed by atoms with Gasteiger partial charge in [-0.15, -0.1) is 0 Å². The van der Waals surface area contributed by atoms with E-state index in [9.17, 15) is 24.6 Å². The molecule has 3 N–H and O–H groups in total. The number of carbonyl (C=O) groups excluding carboxylic acids is 3. The van der Waals surface area contributed by atoms with Crippen molar-refractivity contribution in [1.82, 2.24) is 35.0 Å². The van der Waals surface area contributed by atoms with E-state index in [-0.39, 0.29) is 52.2 Å². The van der Waals surface area contributed by atoms with Gasteiger partial charge in [0, 0.05) is 93.2 Å². The van der Waals surface area contributed by atoms with E-state index in [2.05, 4.69) is 31.1 Å². The molecule has 2 atom stereocenters.